The van der Waals surface area contributed by atoms with Gasteiger partial charge in [-0.15, -0.1) is 0 Å². The third kappa shape index (κ3) is 2.62. The Morgan fingerprint density at radius 3 is 2.75 bits per heavy atom. The SMILES string of the molecule is CNC(c1cccc(Br)c1)c1cc2cc(Cl)ccc2o1. The molecule has 0 amide bonds. The molecular formula is C16H13BrClNO. The lowest BCUT2D eigenvalue weighted by molar-refractivity contribution is 0.491. The van der Waals surface area contributed by atoms with Crippen LogP contribution in [0.15, 0.2) is 57.4 Å². The van der Waals surface area contributed by atoms with Crippen LogP contribution in [0.3, 0.4) is 0 Å². The number of fused-ring (bicyclic) bond motifs is 1. The Labute approximate surface area is 130 Å². The van der Waals surface area contributed by atoms with E-state index in [4.69, 9.17) is 16.0 Å². The summed E-state index contributed by atoms with van der Waals surface area (Å²) < 4.78 is 6.98. The van der Waals surface area contributed by atoms with Gasteiger partial charge in [-0.25, -0.2) is 0 Å². The number of nitrogens with one attached hydrogen (secondary N) is 1. The van der Waals surface area contributed by atoms with Crippen LogP contribution < -0.4 is 5.32 Å². The first-order valence-corrected chi connectivity index (χ1v) is 7.46. The zero-order valence-corrected chi connectivity index (χ0v) is 13.2. The maximum atomic E-state index is 6.02. The van der Waals surface area contributed by atoms with Crippen LogP contribution in [-0.2, 0) is 0 Å². The highest BCUT2D eigenvalue weighted by Crippen LogP contribution is 2.30. The van der Waals surface area contributed by atoms with E-state index in [-0.39, 0.29) is 6.04 Å². The molecule has 4 heteroatoms. The molecule has 2 aromatic carbocycles. The van der Waals surface area contributed by atoms with Gasteiger partial charge in [0.2, 0.25) is 0 Å². The summed E-state index contributed by atoms with van der Waals surface area (Å²) >= 11 is 9.52. The molecule has 0 aliphatic rings. The summed E-state index contributed by atoms with van der Waals surface area (Å²) in [5.74, 6) is 0.878. The van der Waals surface area contributed by atoms with Gasteiger partial charge in [-0.2, -0.15) is 0 Å². The maximum Gasteiger partial charge on any atom is 0.134 e. The fourth-order valence-electron chi connectivity index (χ4n) is 2.34. The van der Waals surface area contributed by atoms with Crippen molar-refractivity contribution in [2.75, 3.05) is 7.05 Å². The zero-order valence-electron chi connectivity index (χ0n) is 10.9. The highest BCUT2D eigenvalue weighted by Gasteiger charge is 2.17. The molecule has 2 nitrogen and oxygen atoms in total. The maximum absolute atomic E-state index is 6.02. The monoisotopic (exact) mass is 349 g/mol. The van der Waals surface area contributed by atoms with Crippen molar-refractivity contribution in [3.05, 3.63) is 69.3 Å². The molecule has 0 spiro atoms. The standard InChI is InChI=1S/C16H13BrClNO/c1-19-16(10-3-2-4-12(17)7-10)15-9-11-8-13(18)5-6-14(11)20-15/h2-9,16,19H,1H3. The second kappa shape index (κ2) is 5.60. The minimum absolute atomic E-state index is 0.0127. The van der Waals surface area contributed by atoms with Gasteiger partial charge < -0.3 is 9.73 Å². The molecule has 3 rings (SSSR count). The van der Waals surface area contributed by atoms with Crippen molar-refractivity contribution in [3.63, 3.8) is 0 Å². The number of furan rings is 1. The molecule has 1 heterocycles. The quantitative estimate of drug-likeness (QED) is 0.706. The van der Waals surface area contributed by atoms with Crippen molar-refractivity contribution in [2.45, 2.75) is 6.04 Å². The number of hydrogen-bond acceptors (Lipinski definition) is 2. The predicted molar refractivity (Wildman–Crippen MR) is 86.3 cm³/mol. The van der Waals surface area contributed by atoms with Crippen LogP contribution in [0.5, 0.6) is 0 Å². The van der Waals surface area contributed by atoms with E-state index >= 15 is 0 Å². The summed E-state index contributed by atoms with van der Waals surface area (Å²) in [7, 11) is 1.92. The number of hydrogen-bond donors (Lipinski definition) is 1. The van der Waals surface area contributed by atoms with Crippen molar-refractivity contribution in [3.8, 4) is 0 Å². The molecule has 1 N–H and O–H groups in total. The molecule has 0 saturated heterocycles. The molecule has 0 bridgehead atoms. The van der Waals surface area contributed by atoms with Crippen LogP contribution in [0.25, 0.3) is 11.0 Å². The first kappa shape index (κ1) is 13.7. The Kier molecular flexibility index (Phi) is 3.83. The molecule has 20 heavy (non-hydrogen) atoms. The van der Waals surface area contributed by atoms with E-state index in [2.05, 4.69) is 33.4 Å². The van der Waals surface area contributed by atoms with Gasteiger partial charge in [0.05, 0.1) is 6.04 Å². The summed E-state index contributed by atoms with van der Waals surface area (Å²) in [6.45, 7) is 0. The second-order valence-electron chi connectivity index (χ2n) is 4.61. The average molecular weight is 351 g/mol. The van der Waals surface area contributed by atoms with E-state index in [9.17, 15) is 0 Å². The van der Waals surface area contributed by atoms with Gasteiger partial charge >= 0.3 is 0 Å². The summed E-state index contributed by atoms with van der Waals surface area (Å²) in [6, 6.07) is 15.9. The lowest BCUT2D eigenvalue weighted by Gasteiger charge is -2.14. The Morgan fingerprint density at radius 1 is 1.15 bits per heavy atom. The zero-order chi connectivity index (χ0) is 14.1. The van der Waals surface area contributed by atoms with Crippen molar-refractivity contribution in [1.29, 1.82) is 0 Å². The number of benzene rings is 2. The van der Waals surface area contributed by atoms with Crippen molar-refractivity contribution in [2.24, 2.45) is 0 Å². The Hall–Kier alpha value is -1.29. The average Bonchev–Trinajstić information content (AvgIpc) is 2.82. The van der Waals surface area contributed by atoms with Crippen LogP contribution in [0.1, 0.15) is 17.4 Å². The Morgan fingerprint density at radius 2 is 2.00 bits per heavy atom. The lowest BCUT2D eigenvalue weighted by Crippen LogP contribution is -2.16. The molecule has 0 aliphatic heterocycles. The highest BCUT2D eigenvalue weighted by molar-refractivity contribution is 9.10. The van der Waals surface area contributed by atoms with Gasteiger partial charge in [-0.05, 0) is 49.0 Å². The molecule has 0 saturated carbocycles. The van der Waals surface area contributed by atoms with Gasteiger partial charge in [0, 0.05) is 14.9 Å². The van der Waals surface area contributed by atoms with E-state index in [1.807, 2.05) is 43.4 Å². The third-order valence-corrected chi connectivity index (χ3v) is 3.98. The van der Waals surface area contributed by atoms with E-state index in [1.165, 1.54) is 0 Å². The van der Waals surface area contributed by atoms with Gasteiger partial charge in [0.25, 0.3) is 0 Å². The molecule has 0 radical (unpaired) electrons. The summed E-state index contributed by atoms with van der Waals surface area (Å²) in [5.41, 5.74) is 1.99. The molecule has 0 fully saturated rings. The second-order valence-corrected chi connectivity index (χ2v) is 5.96. The largest absolute Gasteiger partial charge is 0.459 e. The molecule has 1 atom stereocenters. The van der Waals surface area contributed by atoms with Crippen molar-refractivity contribution in [1.82, 2.24) is 5.32 Å². The fourth-order valence-corrected chi connectivity index (χ4v) is 2.93. The van der Waals surface area contributed by atoms with E-state index < -0.39 is 0 Å². The van der Waals surface area contributed by atoms with Gasteiger partial charge in [0.15, 0.2) is 0 Å². The smallest absolute Gasteiger partial charge is 0.134 e. The predicted octanol–water partition coefficient (Wildman–Crippen LogP) is 5.16. The van der Waals surface area contributed by atoms with Crippen molar-refractivity contribution >= 4 is 38.5 Å². The van der Waals surface area contributed by atoms with Gasteiger partial charge in [-0.3, -0.25) is 0 Å². The molecular weight excluding hydrogens is 338 g/mol. The van der Waals surface area contributed by atoms with Crippen molar-refractivity contribution < 1.29 is 4.42 Å². The van der Waals surface area contributed by atoms with E-state index in [0.29, 0.717) is 5.02 Å². The summed E-state index contributed by atoms with van der Waals surface area (Å²) in [5, 5.41) is 5.02. The molecule has 3 aromatic rings. The number of rotatable bonds is 3. The van der Waals surface area contributed by atoms with Crippen LogP contribution >= 0.6 is 27.5 Å². The normalized spacial score (nSPS) is 12.8. The lowest BCUT2D eigenvalue weighted by atomic mass is 10.0. The summed E-state index contributed by atoms with van der Waals surface area (Å²) in [6.07, 6.45) is 0. The minimum Gasteiger partial charge on any atom is -0.459 e. The molecule has 0 aliphatic carbocycles. The van der Waals surface area contributed by atoms with E-state index in [0.717, 1.165) is 26.8 Å². The van der Waals surface area contributed by atoms with Crippen LogP contribution in [-0.4, -0.2) is 7.05 Å². The molecule has 102 valence electrons. The third-order valence-electron chi connectivity index (χ3n) is 3.25. The Balaban J connectivity index is 2.07. The molecule has 1 aromatic heterocycles. The van der Waals surface area contributed by atoms with Crippen LogP contribution in [0.4, 0.5) is 0 Å². The van der Waals surface area contributed by atoms with Gasteiger partial charge in [-0.1, -0.05) is 39.7 Å². The minimum atomic E-state index is 0.0127. The molecule has 1 unspecified atom stereocenters. The first-order chi connectivity index (χ1) is 9.67. The fraction of sp³-hybridized carbons (Fsp3) is 0.125. The highest BCUT2D eigenvalue weighted by atomic mass is 79.9. The van der Waals surface area contributed by atoms with Gasteiger partial charge in [0.1, 0.15) is 11.3 Å². The van der Waals surface area contributed by atoms with Crippen LogP contribution in [0.2, 0.25) is 5.02 Å². The van der Waals surface area contributed by atoms with E-state index in [1.54, 1.807) is 0 Å². The summed E-state index contributed by atoms with van der Waals surface area (Å²) in [4.78, 5) is 0. The first-order valence-electron chi connectivity index (χ1n) is 6.29. The van der Waals surface area contributed by atoms with Crippen LogP contribution in [0, 0.1) is 0 Å². The number of halogens is 2. The topological polar surface area (TPSA) is 25.2 Å². The Bertz CT molecular complexity index is 753.